The molecule has 3 unspecified atom stereocenters. The van der Waals surface area contributed by atoms with Gasteiger partial charge in [-0.1, -0.05) is 48.9 Å². The molecule has 2 aromatic rings. The van der Waals surface area contributed by atoms with E-state index in [1.807, 2.05) is 6.07 Å². The average Bonchev–Trinajstić information content (AvgIpc) is 2.92. The summed E-state index contributed by atoms with van der Waals surface area (Å²) in [5.74, 6) is -3.33. The van der Waals surface area contributed by atoms with E-state index in [9.17, 15) is 29.1 Å². The number of rotatable bonds is 12. The fraction of sp³-hybridized carbons (Fsp3) is 0.424. The summed E-state index contributed by atoms with van der Waals surface area (Å²) in [7, 11) is 0. The first-order valence-electron chi connectivity index (χ1n) is 14.3. The molecule has 0 heterocycles. The number of phenols is 1. The summed E-state index contributed by atoms with van der Waals surface area (Å²) in [4.78, 5) is 66.2. The van der Waals surface area contributed by atoms with Crippen molar-refractivity contribution in [3.05, 3.63) is 65.7 Å². The van der Waals surface area contributed by atoms with Crippen molar-refractivity contribution in [1.82, 2.24) is 15.5 Å². The third-order valence-electron chi connectivity index (χ3n) is 6.05. The second kappa shape index (κ2) is 15.6. The summed E-state index contributed by atoms with van der Waals surface area (Å²) in [6.07, 6.45) is 4.37. The van der Waals surface area contributed by atoms with Gasteiger partial charge in [0.25, 0.3) is 5.91 Å². The Labute approximate surface area is 263 Å². The van der Waals surface area contributed by atoms with Crippen LogP contribution in [0.15, 0.2) is 54.6 Å². The number of alkyl carbamates (subject to hydrolysis) is 1. The second-order valence-electron chi connectivity index (χ2n) is 12.3. The zero-order valence-electron chi connectivity index (χ0n) is 26.5. The number of hydrogen-bond acceptors (Lipinski definition) is 8. The number of phenolic OH excluding ortho intramolecular Hbond substituents is 1. The number of carbonyl (C=O) groups excluding carboxylic acids is 5. The monoisotopic (exact) mass is 622 g/mol. The highest BCUT2D eigenvalue weighted by Gasteiger charge is 2.38. The third kappa shape index (κ3) is 12.2. The maximum absolute atomic E-state index is 14.0. The maximum atomic E-state index is 14.0. The van der Waals surface area contributed by atoms with E-state index in [1.165, 1.54) is 24.3 Å². The van der Waals surface area contributed by atoms with Gasteiger partial charge in [-0.3, -0.25) is 19.3 Å². The lowest BCUT2D eigenvalue weighted by atomic mass is 10.0. The highest BCUT2D eigenvalue weighted by Crippen LogP contribution is 2.25. The molecule has 0 aliphatic heterocycles. The minimum Gasteiger partial charge on any atom is -0.508 e. The van der Waals surface area contributed by atoms with Crippen LogP contribution in [0.3, 0.4) is 0 Å². The molecule has 0 saturated heterocycles. The van der Waals surface area contributed by atoms with Gasteiger partial charge in [0.2, 0.25) is 11.8 Å². The Morgan fingerprint density at radius 1 is 0.889 bits per heavy atom. The molecule has 5 N–H and O–H groups in total. The standard InChI is InChI=1S/C33H42N4O8/c1-8-37(29(41)24(18-19-26(34)39)36-31(43)45-33(5,6)7)27(22-14-16-23(38)17-15-22)28(40)35-25(30(42)44-32(2,3)4)20-21-12-10-9-11-13-21/h1,9-17,24-25,27,38H,18-20H2,2-7H3,(H2,34,39)(H,35,40)(H,36,43). The third-order valence-corrected chi connectivity index (χ3v) is 6.05. The smallest absolute Gasteiger partial charge is 0.408 e. The lowest BCUT2D eigenvalue weighted by Gasteiger charge is -2.31. The Kier molecular flexibility index (Phi) is 12.5. The lowest BCUT2D eigenvalue weighted by molar-refractivity contribution is -0.159. The van der Waals surface area contributed by atoms with Crippen LogP contribution in [0.1, 0.15) is 71.6 Å². The van der Waals surface area contributed by atoms with Crippen LogP contribution in [-0.2, 0) is 35.1 Å². The molecule has 0 aliphatic rings. The van der Waals surface area contributed by atoms with Crippen molar-refractivity contribution in [2.24, 2.45) is 5.73 Å². The minimum absolute atomic E-state index is 0.0647. The van der Waals surface area contributed by atoms with E-state index >= 15 is 0 Å². The highest BCUT2D eigenvalue weighted by atomic mass is 16.6. The SMILES string of the molecule is C#CN(C(=O)C(CCC(N)=O)NC(=O)OC(C)(C)C)C(C(=O)NC(Cc1ccccc1)C(=O)OC(C)(C)C)c1ccc(O)cc1. The highest BCUT2D eigenvalue weighted by molar-refractivity contribution is 5.95. The summed E-state index contributed by atoms with van der Waals surface area (Å²) in [5.41, 5.74) is 4.45. The van der Waals surface area contributed by atoms with Gasteiger partial charge in [-0.25, -0.2) is 9.59 Å². The van der Waals surface area contributed by atoms with Gasteiger partial charge in [0, 0.05) is 18.9 Å². The van der Waals surface area contributed by atoms with Crippen molar-refractivity contribution in [2.75, 3.05) is 0 Å². The zero-order valence-corrected chi connectivity index (χ0v) is 26.5. The number of amides is 4. The molecule has 2 rings (SSSR count). The Morgan fingerprint density at radius 3 is 1.98 bits per heavy atom. The van der Waals surface area contributed by atoms with Gasteiger partial charge in [0.05, 0.1) is 0 Å². The van der Waals surface area contributed by atoms with Crippen LogP contribution in [-0.4, -0.2) is 63.1 Å². The van der Waals surface area contributed by atoms with E-state index < -0.39 is 59.1 Å². The first kappa shape index (κ1) is 36.1. The maximum Gasteiger partial charge on any atom is 0.408 e. The van der Waals surface area contributed by atoms with Crippen LogP contribution < -0.4 is 16.4 Å². The largest absolute Gasteiger partial charge is 0.508 e. The number of esters is 1. The molecule has 0 fully saturated rings. The number of primary amides is 1. The molecular weight excluding hydrogens is 580 g/mol. The van der Waals surface area contributed by atoms with Crippen LogP contribution in [0, 0.1) is 12.5 Å². The number of ether oxygens (including phenoxy) is 2. The number of carbonyl (C=O) groups is 5. The van der Waals surface area contributed by atoms with Crippen molar-refractivity contribution in [1.29, 1.82) is 0 Å². The molecule has 3 atom stereocenters. The molecule has 45 heavy (non-hydrogen) atoms. The summed E-state index contributed by atoms with van der Waals surface area (Å²) >= 11 is 0. The fourth-order valence-corrected chi connectivity index (χ4v) is 4.17. The van der Waals surface area contributed by atoms with Gasteiger partial charge in [0.1, 0.15) is 35.1 Å². The molecule has 4 amide bonds. The van der Waals surface area contributed by atoms with Crippen LogP contribution >= 0.6 is 0 Å². The van der Waals surface area contributed by atoms with Crippen LogP contribution in [0.2, 0.25) is 0 Å². The first-order valence-corrected chi connectivity index (χ1v) is 14.3. The number of aromatic hydroxyl groups is 1. The Morgan fingerprint density at radius 2 is 1.47 bits per heavy atom. The molecule has 242 valence electrons. The molecular formula is C33H42N4O8. The van der Waals surface area contributed by atoms with Crippen LogP contribution in [0.4, 0.5) is 4.79 Å². The van der Waals surface area contributed by atoms with E-state index in [1.54, 1.807) is 65.8 Å². The van der Waals surface area contributed by atoms with Crippen LogP contribution in [0.5, 0.6) is 5.75 Å². The molecule has 2 aromatic carbocycles. The second-order valence-corrected chi connectivity index (χ2v) is 12.3. The summed E-state index contributed by atoms with van der Waals surface area (Å²) < 4.78 is 10.8. The molecule has 0 saturated carbocycles. The molecule has 12 nitrogen and oxygen atoms in total. The van der Waals surface area contributed by atoms with Gasteiger partial charge in [-0.15, -0.1) is 0 Å². The minimum atomic E-state index is -1.54. The van der Waals surface area contributed by atoms with Gasteiger partial charge in [-0.05, 0) is 71.2 Å². The van der Waals surface area contributed by atoms with Gasteiger partial charge in [0.15, 0.2) is 0 Å². The number of terminal acetylenes is 1. The number of hydrogen-bond donors (Lipinski definition) is 4. The quantitative estimate of drug-likeness (QED) is 0.159. The molecule has 0 aliphatic carbocycles. The predicted molar refractivity (Wildman–Crippen MR) is 166 cm³/mol. The summed E-state index contributed by atoms with van der Waals surface area (Å²) in [6.45, 7) is 9.95. The van der Waals surface area contributed by atoms with Crippen molar-refractivity contribution in [2.45, 2.75) is 90.1 Å². The molecule has 12 heteroatoms. The van der Waals surface area contributed by atoms with E-state index in [0.717, 1.165) is 10.5 Å². The lowest BCUT2D eigenvalue weighted by Crippen LogP contribution is -2.53. The van der Waals surface area contributed by atoms with Crippen LogP contribution in [0.25, 0.3) is 0 Å². The fourth-order valence-electron chi connectivity index (χ4n) is 4.17. The summed E-state index contributed by atoms with van der Waals surface area (Å²) in [5, 5.41) is 15.0. The van der Waals surface area contributed by atoms with Crippen molar-refractivity contribution in [3.63, 3.8) is 0 Å². The van der Waals surface area contributed by atoms with Gasteiger partial charge < -0.3 is 30.9 Å². The molecule has 0 bridgehead atoms. The number of nitrogens with zero attached hydrogens (tertiary/aromatic N) is 1. The molecule has 0 radical (unpaired) electrons. The van der Waals surface area contributed by atoms with E-state index in [2.05, 4.69) is 16.7 Å². The van der Waals surface area contributed by atoms with E-state index in [-0.39, 0.29) is 30.6 Å². The number of nitrogens with two attached hydrogens (primary N) is 1. The predicted octanol–water partition coefficient (Wildman–Crippen LogP) is 3.08. The van der Waals surface area contributed by atoms with Crippen molar-refractivity contribution >= 4 is 29.8 Å². The zero-order chi connectivity index (χ0) is 33.9. The van der Waals surface area contributed by atoms with E-state index in [0.29, 0.717) is 0 Å². The Hall–Kier alpha value is -5.05. The first-order chi connectivity index (χ1) is 20.9. The topological polar surface area (TPSA) is 177 Å². The molecule has 0 spiro atoms. The number of benzene rings is 2. The normalized spacial score (nSPS) is 13.3. The van der Waals surface area contributed by atoms with Gasteiger partial charge >= 0.3 is 12.1 Å². The molecule has 0 aromatic heterocycles. The summed E-state index contributed by atoms with van der Waals surface area (Å²) in [6, 6.07) is 12.4. The van der Waals surface area contributed by atoms with Crippen molar-refractivity contribution < 1.29 is 38.6 Å². The Bertz CT molecular complexity index is 1390. The van der Waals surface area contributed by atoms with Gasteiger partial charge in [-0.2, -0.15) is 0 Å². The van der Waals surface area contributed by atoms with Crippen molar-refractivity contribution in [3.8, 4) is 18.2 Å². The average molecular weight is 623 g/mol. The number of nitrogens with one attached hydrogen (secondary N) is 2. The Balaban J connectivity index is 2.54. The van der Waals surface area contributed by atoms with E-state index in [4.69, 9.17) is 21.6 Å².